The number of benzene rings is 2. The number of hydrogen-bond donors (Lipinski definition) is 6. The van der Waals surface area contributed by atoms with Crippen LogP contribution in [-0.2, 0) is 60.2 Å². The summed E-state index contributed by atoms with van der Waals surface area (Å²) in [7, 11) is 3.95. The van der Waals surface area contributed by atoms with Crippen LogP contribution in [0.1, 0.15) is 11.1 Å². The third-order valence-corrected chi connectivity index (χ3v) is 10.4. The summed E-state index contributed by atoms with van der Waals surface area (Å²) < 4.78 is 11.5. The Bertz CT molecular complexity index is 2140. The summed E-state index contributed by atoms with van der Waals surface area (Å²) in [5.74, 6) is -2.09. The number of carboxylic acids is 4. The van der Waals surface area contributed by atoms with Crippen molar-refractivity contribution in [3.8, 4) is 11.5 Å². The number of aromatic nitrogens is 2. The molecule has 2 saturated heterocycles. The molecule has 68 heavy (non-hydrogen) atoms. The van der Waals surface area contributed by atoms with Gasteiger partial charge in [-0.1, -0.05) is 59.9 Å². The fourth-order valence-corrected chi connectivity index (χ4v) is 6.92. The molecule has 6 N–H and O–H groups in total. The Morgan fingerprint density at radius 3 is 1.15 bits per heavy atom. The zero-order valence-corrected chi connectivity index (χ0v) is 41.6. The maximum atomic E-state index is 11.6. The summed E-state index contributed by atoms with van der Waals surface area (Å²) in [6.45, 7) is 2.53. The minimum Gasteiger partial charge on any atom is -0.492 e. The zero-order valence-electron chi connectivity index (χ0n) is 36.3. The van der Waals surface area contributed by atoms with E-state index in [1.54, 1.807) is 12.4 Å². The topological polar surface area (TPSA) is 292 Å². The Kier molecular flexibility index (Phi) is 28.3. The van der Waals surface area contributed by atoms with E-state index < -0.39 is 23.9 Å². The molecule has 0 aliphatic carbocycles. The Hall–Kier alpha value is -6.41. The number of rotatable bonds is 18. The first-order valence-corrected chi connectivity index (χ1v) is 21.2. The van der Waals surface area contributed by atoms with Gasteiger partial charge in [0.05, 0.1) is 23.6 Å². The molecule has 6 rings (SSSR count). The van der Waals surface area contributed by atoms with Gasteiger partial charge >= 0.3 is 23.9 Å². The molecule has 2 unspecified atom stereocenters. The maximum absolute atomic E-state index is 11.6. The van der Waals surface area contributed by atoms with Crippen LogP contribution in [0.5, 0.6) is 11.5 Å². The Morgan fingerprint density at radius 1 is 0.574 bits per heavy atom. The van der Waals surface area contributed by atoms with Crippen molar-refractivity contribution in [2.75, 3.05) is 50.2 Å². The number of aliphatic carboxylic acids is 4. The van der Waals surface area contributed by atoms with E-state index >= 15 is 0 Å². The molecule has 2 aliphatic rings. The van der Waals surface area contributed by atoms with E-state index in [9.17, 15) is 38.4 Å². The van der Waals surface area contributed by atoms with Gasteiger partial charge in [0.2, 0.25) is 11.8 Å². The molecule has 0 bridgehead atoms. The summed E-state index contributed by atoms with van der Waals surface area (Å²) >= 11 is 2.09. The number of nitrogens with zero attached hydrogens (tertiary/aromatic N) is 4. The van der Waals surface area contributed by atoms with E-state index in [-0.39, 0.29) is 75.3 Å². The zero-order chi connectivity index (χ0) is 48.4. The van der Waals surface area contributed by atoms with Crippen molar-refractivity contribution in [3.05, 3.63) is 133 Å². The van der Waals surface area contributed by atoms with Gasteiger partial charge in [-0.3, -0.25) is 29.8 Å². The molecule has 2 fully saturated rings. The summed E-state index contributed by atoms with van der Waals surface area (Å²) in [6, 6.07) is 26.8. The number of ether oxygens (including phenoxy) is 2. The van der Waals surface area contributed by atoms with Crippen LogP contribution in [0.25, 0.3) is 0 Å². The van der Waals surface area contributed by atoms with Gasteiger partial charge in [0.25, 0.3) is 10.5 Å². The van der Waals surface area contributed by atoms with Crippen LogP contribution in [0, 0.1) is 0 Å². The third-order valence-electron chi connectivity index (χ3n) is 8.43. The Labute approximate surface area is 427 Å². The number of thioether (sulfide) groups is 2. The molecule has 20 nitrogen and oxygen atoms in total. The van der Waals surface area contributed by atoms with Gasteiger partial charge < -0.3 is 39.7 Å². The molecule has 2 aromatic carbocycles. The molecule has 0 saturated carbocycles. The summed E-state index contributed by atoms with van der Waals surface area (Å²) in [5.41, 5.74) is 2.00. The molecule has 2 aliphatic heterocycles. The molecule has 1 radical (unpaired) electrons. The van der Waals surface area contributed by atoms with E-state index in [0.717, 1.165) is 70.9 Å². The number of hydrogen-bond acceptors (Lipinski definition) is 16. The van der Waals surface area contributed by atoms with Crippen molar-refractivity contribution in [2.45, 2.75) is 23.3 Å². The Morgan fingerprint density at radius 2 is 0.897 bits per heavy atom. The van der Waals surface area contributed by atoms with E-state index in [2.05, 4.69) is 20.6 Å². The third kappa shape index (κ3) is 24.4. The summed E-state index contributed by atoms with van der Waals surface area (Å²) in [6.07, 6.45) is 6.83. The second-order valence-corrected chi connectivity index (χ2v) is 15.7. The van der Waals surface area contributed by atoms with Crippen molar-refractivity contribution < 1.29 is 86.8 Å². The first-order valence-electron chi connectivity index (χ1n) is 19.5. The number of imide groups is 2. The summed E-state index contributed by atoms with van der Waals surface area (Å²) in [4.78, 5) is 96.4. The molecule has 24 heteroatoms. The Balaban J connectivity index is 0.000000506. The fourth-order valence-electron chi connectivity index (χ4n) is 5.20. The van der Waals surface area contributed by atoms with Crippen molar-refractivity contribution in [3.63, 3.8) is 0 Å². The molecular weight excluding hydrogens is 1080 g/mol. The van der Waals surface area contributed by atoms with Gasteiger partial charge in [-0.15, -0.1) is 24.0 Å². The second-order valence-electron chi connectivity index (χ2n) is 13.4. The smallest absolute Gasteiger partial charge is 0.328 e. The van der Waals surface area contributed by atoms with Crippen LogP contribution in [0.2, 0.25) is 0 Å². The number of halogens is 1. The van der Waals surface area contributed by atoms with E-state index in [1.165, 1.54) is 0 Å². The molecule has 361 valence electrons. The van der Waals surface area contributed by atoms with Gasteiger partial charge in [-0.05, 0) is 72.5 Å². The molecular formula is C44H47IN6O14S2V. The minimum atomic E-state index is -1.26. The largest absolute Gasteiger partial charge is 0.492 e. The van der Waals surface area contributed by atoms with Crippen LogP contribution in [0.3, 0.4) is 0 Å². The van der Waals surface area contributed by atoms with E-state index in [0.29, 0.717) is 50.4 Å². The first-order chi connectivity index (χ1) is 31.5. The SMILES string of the molecule is CN(CCOc1ccc(CC2SC(=O)NC2=O)cc1)c1ccccn1.CN(CCOc1ccc(CC2SC(=O)NC2=O)cc1)c1ccccn1.I.O=C(O)/C=C\C(=O)O.O=C(O)/C=C\C(=O)O.[V]. The van der Waals surface area contributed by atoms with Crippen molar-refractivity contribution in [1.29, 1.82) is 0 Å². The monoisotopic (exact) mass is 1130 g/mol. The molecule has 4 amide bonds. The predicted molar refractivity (Wildman–Crippen MR) is 260 cm³/mol. The van der Waals surface area contributed by atoms with Crippen molar-refractivity contribution in [1.82, 2.24) is 20.6 Å². The van der Waals surface area contributed by atoms with Gasteiger partial charge in [0.1, 0.15) is 36.3 Å². The number of amides is 4. The number of anilines is 2. The van der Waals surface area contributed by atoms with Crippen LogP contribution >= 0.6 is 47.5 Å². The van der Waals surface area contributed by atoms with Crippen LogP contribution in [0.4, 0.5) is 21.2 Å². The number of likely N-dealkylation sites (N-methyl/N-ethyl adjacent to an activating group) is 2. The average Bonchev–Trinajstić information content (AvgIpc) is 3.79. The number of carbonyl (C=O) groups excluding carboxylic acids is 4. The van der Waals surface area contributed by atoms with Crippen LogP contribution in [0.15, 0.2) is 122 Å². The van der Waals surface area contributed by atoms with Crippen molar-refractivity contribution >= 4 is 105 Å². The van der Waals surface area contributed by atoms with Gasteiger partial charge in [-0.2, -0.15) is 0 Å². The first kappa shape index (κ1) is 59.6. The average molecular weight is 1130 g/mol. The van der Waals surface area contributed by atoms with Crippen molar-refractivity contribution in [2.24, 2.45) is 0 Å². The van der Waals surface area contributed by atoms with Gasteiger partial charge in [0, 0.05) is 69.3 Å². The normalized spacial score (nSPS) is 14.4. The fraction of sp³-hybridized carbons (Fsp3) is 0.227. The van der Waals surface area contributed by atoms with Crippen LogP contribution in [-0.4, -0.2) is 127 Å². The number of pyridine rings is 2. The molecule has 0 spiro atoms. The summed E-state index contributed by atoms with van der Waals surface area (Å²) in [5, 5.41) is 34.6. The van der Waals surface area contributed by atoms with Gasteiger partial charge in [0.15, 0.2) is 0 Å². The minimum absolute atomic E-state index is 0. The molecule has 4 aromatic rings. The quantitative estimate of drug-likeness (QED) is 0.0563. The number of carboxylic acid groups (broad SMARTS) is 4. The standard InChI is InChI=1S/2C18H19N3O3S.2C4H4O4.HI.V/c2*1-21(16-4-2-3-9-19-16)10-11-24-14-7-5-13(6-8-14)12-15-17(22)20-18(23)25-15;2*5-3(6)1-2-4(7)8;;/h2*2-9,15H,10-12H2,1H3,(H,20,22,23);2*1-2H,(H,5,6)(H,7,8);1H;/b;;2*2-1-;;. The molecule has 4 heterocycles. The predicted octanol–water partition coefficient (Wildman–Crippen LogP) is 5.02. The number of nitrogens with one attached hydrogen (secondary N) is 2. The van der Waals surface area contributed by atoms with Gasteiger partial charge in [-0.25, -0.2) is 29.1 Å². The van der Waals surface area contributed by atoms with E-state index in [4.69, 9.17) is 29.9 Å². The number of carbonyl (C=O) groups is 8. The maximum Gasteiger partial charge on any atom is 0.328 e. The second kappa shape index (κ2) is 32.3. The van der Waals surface area contributed by atoms with Crippen LogP contribution < -0.4 is 29.9 Å². The van der Waals surface area contributed by atoms with E-state index in [1.807, 2.05) is 109 Å². The molecule has 2 atom stereocenters. The molecule has 2 aromatic heterocycles.